The van der Waals surface area contributed by atoms with Crippen LogP contribution in [-0.4, -0.2) is 13.3 Å². The van der Waals surface area contributed by atoms with Crippen LogP contribution in [0.4, 0.5) is 5.69 Å². The van der Waals surface area contributed by atoms with Crippen LogP contribution in [0.2, 0.25) is 5.02 Å². The van der Waals surface area contributed by atoms with Crippen molar-refractivity contribution in [2.45, 2.75) is 25.7 Å². The standard InChI is InChI=1S/C15H14ClNO5S/c1-9-4-10(2)6-12(5-9)22-23(20,21)13-7-14(16)11(3)15(8-13)17(18)19/h4-8H,1-3H3. The summed E-state index contributed by atoms with van der Waals surface area (Å²) >= 11 is 5.90. The van der Waals surface area contributed by atoms with Crippen molar-refractivity contribution in [3.05, 3.63) is 62.2 Å². The van der Waals surface area contributed by atoms with E-state index in [1.54, 1.807) is 26.0 Å². The van der Waals surface area contributed by atoms with Crippen molar-refractivity contribution < 1.29 is 17.5 Å². The molecule has 0 amide bonds. The molecule has 0 aliphatic carbocycles. The van der Waals surface area contributed by atoms with Crippen LogP contribution in [0.25, 0.3) is 0 Å². The second kappa shape index (κ2) is 6.17. The second-order valence-corrected chi connectivity index (χ2v) is 7.12. The van der Waals surface area contributed by atoms with Gasteiger partial charge in [0.05, 0.1) is 9.95 Å². The minimum atomic E-state index is -4.23. The first-order chi connectivity index (χ1) is 10.6. The van der Waals surface area contributed by atoms with E-state index in [2.05, 4.69) is 0 Å². The van der Waals surface area contributed by atoms with Crippen LogP contribution in [0, 0.1) is 30.9 Å². The molecular weight excluding hydrogens is 342 g/mol. The molecular formula is C15H14ClNO5S. The van der Waals surface area contributed by atoms with E-state index in [1.807, 2.05) is 6.07 Å². The maximum atomic E-state index is 12.4. The predicted molar refractivity (Wildman–Crippen MR) is 86.6 cm³/mol. The van der Waals surface area contributed by atoms with Crippen molar-refractivity contribution in [2.75, 3.05) is 0 Å². The molecule has 0 spiro atoms. The highest BCUT2D eigenvalue weighted by Crippen LogP contribution is 2.31. The van der Waals surface area contributed by atoms with E-state index in [1.165, 1.54) is 6.92 Å². The van der Waals surface area contributed by atoms with Gasteiger partial charge in [-0.1, -0.05) is 17.7 Å². The molecule has 0 bridgehead atoms. The monoisotopic (exact) mass is 355 g/mol. The summed E-state index contributed by atoms with van der Waals surface area (Å²) in [5.41, 5.74) is 1.49. The molecule has 0 aliphatic rings. The lowest BCUT2D eigenvalue weighted by molar-refractivity contribution is -0.385. The lowest BCUT2D eigenvalue weighted by Crippen LogP contribution is -2.11. The van der Waals surface area contributed by atoms with Crippen LogP contribution in [0.15, 0.2) is 35.2 Å². The molecule has 0 unspecified atom stereocenters. The van der Waals surface area contributed by atoms with E-state index in [-0.39, 0.29) is 26.9 Å². The number of aryl methyl sites for hydroxylation is 2. The zero-order valence-electron chi connectivity index (χ0n) is 12.7. The molecule has 6 nitrogen and oxygen atoms in total. The molecule has 2 rings (SSSR count). The highest BCUT2D eigenvalue weighted by Gasteiger charge is 2.24. The van der Waals surface area contributed by atoms with Crippen LogP contribution in [-0.2, 0) is 10.1 Å². The van der Waals surface area contributed by atoms with Gasteiger partial charge in [-0.25, -0.2) is 0 Å². The molecule has 0 heterocycles. The highest BCUT2D eigenvalue weighted by atomic mass is 35.5. The Morgan fingerprint density at radius 2 is 1.61 bits per heavy atom. The fourth-order valence-corrected chi connectivity index (χ4v) is 3.37. The highest BCUT2D eigenvalue weighted by molar-refractivity contribution is 7.87. The molecule has 23 heavy (non-hydrogen) atoms. The van der Waals surface area contributed by atoms with Crippen molar-refractivity contribution in [3.8, 4) is 5.75 Å². The maximum absolute atomic E-state index is 12.4. The first-order valence-electron chi connectivity index (χ1n) is 6.57. The van der Waals surface area contributed by atoms with Crippen LogP contribution < -0.4 is 4.18 Å². The van der Waals surface area contributed by atoms with Gasteiger partial charge >= 0.3 is 10.1 Å². The van der Waals surface area contributed by atoms with Gasteiger partial charge in [0, 0.05) is 11.6 Å². The van der Waals surface area contributed by atoms with Crippen molar-refractivity contribution in [1.82, 2.24) is 0 Å². The molecule has 0 saturated heterocycles. The summed E-state index contributed by atoms with van der Waals surface area (Å²) in [7, 11) is -4.23. The van der Waals surface area contributed by atoms with Crippen molar-refractivity contribution in [1.29, 1.82) is 0 Å². The number of benzene rings is 2. The molecule has 2 aromatic rings. The van der Waals surface area contributed by atoms with Gasteiger partial charge in [0.25, 0.3) is 5.69 Å². The Labute approximate surface area is 138 Å². The number of rotatable bonds is 4. The predicted octanol–water partition coefficient (Wildman–Crippen LogP) is 3.94. The van der Waals surface area contributed by atoms with E-state index in [4.69, 9.17) is 15.8 Å². The average molecular weight is 356 g/mol. The molecule has 2 aromatic carbocycles. The molecule has 0 aromatic heterocycles. The van der Waals surface area contributed by atoms with Gasteiger partial charge in [-0.15, -0.1) is 0 Å². The van der Waals surface area contributed by atoms with Gasteiger partial charge in [-0.05, 0) is 50.1 Å². The van der Waals surface area contributed by atoms with Gasteiger partial charge < -0.3 is 4.18 Å². The second-order valence-electron chi connectivity index (χ2n) is 5.17. The number of nitrogens with zero attached hydrogens (tertiary/aromatic N) is 1. The normalized spacial score (nSPS) is 11.3. The third kappa shape index (κ3) is 3.80. The van der Waals surface area contributed by atoms with Gasteiger partial charge in [0.15, 0.2) is 0 Å². The minimum absolute atomic E-state index is 0.0122. The lowest BCUT2D eigenvalue weighted by atomic mass is 10.1. The Bertz CT molecular complexity index is 873. The Balaban J connectivity index is 2.49. The Kier molecular flexibility index (Phi) is 4.63. The van der Waals surface area contributed by atoms with E-state index in [0.717, 1.165) is 23.3 Å². The van der Waals surface area contributed by atoms with E-state index >= 15 is 0 Å². The smallest absolute Gasteiger partial charge is 0.339 e. The number of hydrogen-bond donors (Lipinski definition) is 0. The summed E-state index contributed by atoms with van der Waals surface area (Å²) in [6, 6.07) is 7.08. The molecule has 0 aliphatic heterocycles. The molecule has 0 atom stereocenters. The average Bonchev–Trinajstić information content (AvgIpc) is 2.39. The van der Waals surface area contributed by atoms with Gasteiger partial charge in [0.1, 0.15) is 10.6 Å². The summed E-state index contributed by atoms with van der Waals surface area (Å²) < 4.78 is 29.8. The Morgan fingerprint density at radius 1 is 1.04 bits per heavy atom. The summed E-state index contributed by atoms with van der Waals surface area (Å²) in [6.07, 6.45) is 0. The molecule has 0 saturated carbocycles. The van der Waals surface area contributed by atoms with Crippen LogP contribution >= 0.6 is 11.6 Å². The molecule has 0 radical (unpaired) electrons. The third-order valence-corrected chi connectivity index (χ3v) is 4.79. The van der Waals surface area contributed by atoms with Crippen molar-refractivity contribution >= 4 is 27.4 Å². The zero-order valence-corrected chi connectivity index (χ0v) is 14.2. The summed E-state index contributed by atoms with van der Waals surface area (Å²) in [5, 5.41) is 11.0. The van der Waals surface area contributed by atoms with Crippen LogP contribution in [0.1, 0.15) is 16.7 Å². The molecule has 8 heteroatoms. The van der Waals surface area contributed by atoms with E-state index < -0.39 is 15.0 Å². The Morgan fingerprint density at radius 3 is 2.13 bits per heavy atom. The van der Waals surface area contributed by atoms with Crippen molar-refractivity contribution in [3.63, 3.8) is 0 Å². The SMILES string of the molecule is Cc1cc(C)cc(OS(=O)(=O)c2cc(Cl)c(C)c([N+](=O)[O-])c2)c1. The number of nitro benzene ring substituents is 1. The summed E-state index contributed by atoms with van der Waals surface area (Å²) in [4.78, 5) is 9.97. The topological polar surface area (TPSA) is 86.5 Å². The third-order valence-electron chi connectivity index (χ3n) is 3.18. The van der Waals surface area contributed by atoms with Crippen LogP contribution in [0.5, 0.6) is 5.75 Å². The Hall–Kier alpha value is -2.12. The van der Waals surface area contributed by atoms with Gasteiger partial charge in [-0.2, -0.15) is 8.42 Å². The minimum Gasteiger partial charge on any atom is -0.379 e. The number of hydrogen-bond acceptors (Lipinski definition) is 5. The molecule has 0 fully saturated rings. The van der Waals surface area contributed by atoms with Gasteiger partial charge in [-0.3, -0.25) is 10.1 Å². The quantitative estimate of drug-likeness (QED) is 0.471. The molecule has 0 N–H and O–H groups in total. The molecule has 122 valence electrons. The maximum Gasteiger partial charge on any atom is 0.339 e. The first-order valence-corrected chi connectivity index (χ1v) is 8.36. The van der Waals surface area contributed by atoms with Crippen molar-refractivity contribution in [2.24, 2.45) is 0 Å². The summed E-state index contributed by atoms with van der Waals surface area (Å²) in [5.74, 6) is 0.141. The van der Waals surface area contributed by atoms with Crippen LogP contribution in [0.3, 0.4) is 0 Å². The van der Waals surface area contributed by atoms with E-state index in [0.29, 0.717) is 0 Å². The summed E-state index contributed by atoms with van der Waals surface area (Å²) in [6.45, 7) is 5.06. The fraction of sp³-hybridized carbons (Fsp3) is 0.200. The first kappa shape index (κ1) is 17.2. The van der Waals surface area contributed by atoms with Gasteiger partial charge in [0.2, 0.25) is 0 Å². The number of halogens is 1. The zero-order chi connectivity index (χ0) is 17.4. The largest absolute Gasteiger partial charge is 0.379 e. The van der Waals surface area contributed by atoms with E-state index in [9.17, 15) is 18.5 Å². The number of nitro groups is 1. The lowest BCUT2D eigenvalue weighted by Gasteiger charge is -2.10. The fourth-order valence-electron chi connectivity index (χ4n) is 2.13.